The van der Waals surface area contributed by atoms with Crippen molar-refractivity contribution in [3.63, 3.8) is 0 Å². The second-order valence-electron chi connectivity index (χ2n) is 33.3. The molecule has 23 rings (SSSR count). The summed E-state index contributed by atoms with van der Waals surface area (Å²) >= 11 is 10.3. The standard InChI is InChI=1S/2C21H17N5.C18H22BNO2.C12H10BrN.C9H7BrN4.C9H10BrN.C9H11N/c2*22-21-24-19(14-5-2-1-3-6-14)20(25-26-21)16-11-15-7-4-10-23-18(15)17(12-16)13-8-9-13;1-17(2)18(3,4)22-19(21-17)14-10-13-6-5-9-20-16(13)15(11-14)12-7-8-12;13-10-6-9-2-1-5-14-12(9)11(7-10)8-3-4-8;10-8-7(12-9(11)14-13-8)6-4-2-1-3-5-6;10-7-3-4-9(11)8(5-7)6-1-2-6;10-9-4-2-1-3-8(9)7-5-6-7/h2*1-7,10-13H,8-9H2,(H2,22,24,26);5-6,9-12H,7-8H2,1-4H3;1-2,5-8H,3-4H2;1-5H,(H2,11,12,14);3-6H,1-2,11H2;1-4,7H,5-6,10H2. The van der Waals surface area contributed by atoms with E-state index in [1.165, 1.54) is 131 Å². The molecular weight excluding hydrogens is 1720 g/mol. The lowest BCUT2D eigenvalue weighted by Crippen LogP contribution is -2.41. The van der Waals surface area contributed by atoms with Gasteiger partial charge in [-0.15, -0.1) is 30.6 Å². The quantitative estimate of drug-likeness (QED) is 0.0560. The Hall–Kier alpha value is -11.9. The molecule has 0 radical (unpaired) electrons. The second-order valence-corrected chi connectivity index (χ2v) is 35.9. The van der Waals surface area contributed by atoms with Crippen LogP contribution in [0.5, 0.6) is 0 Å². The van der Waals surface area contributed by atoms with Crippen LogP contribution in [-0.4, -0.2) is 83.8 Å². The maximum absolute atomic E-state index is 6.21. The lowest BCUT2D eigenvalue weighted by molar-refractivity contribution is 0.00578. The zero-order valence-corrected chi connectivity index (χ0v) is 73.7. The Balaban J connectivity index is 0.000000105. The largest absolute Gasteiger partial charge is 0.494 e. The van der Waals surface area contributed by atoms with Crippen LogP contribution in [0.2, 0.25) is 0 Å². The van der Waals surface area contributed by atoms with Gasteiger partial charge in [-0.2, -0.15) is 0 Å². The van der Waals surface area contributed by atoms with Gasteiger partial charge < -0.3 is 38.0 Å². The number of para-hydroxylation sites is 1. The van der Waals surface area contributed by atoms with E-state index in [0.717, 1.165) is 117 Å². The molecule has 1 aliphatic heterocycles. The van der Waals surface area contributed by atoms with E-state index in [2.05, 4.69) is 232 Å². The number of nitrogens with two attached hydrogens (primary N) is 5. The highest BCUT2D eigenvalue weighted by atomic mass is 79.9. The van der Waals surface area contributed by atoms with Crippen LogP contribution in [0.1, 0.15) is 174 Å². The lowest BCUT2D eigenvalue weighted by atomic mass is 9.77. The van der Waals surface area contributed by atoms with Crippen LogP contribution in [0.4, 0.5) is 29.2 Å². The van der Waals surface area contributed by atoms with Crippen molar-refractivity contribution in [2.45, 2.75) is 151 Å². The molecule has 7 aliphatic rings. The van der Waals surface area contributed by atoms with Gasteiger partial charge in [0.15, 0.2) is 4.60 Å². The number of halogens is 3. The summed E-state index contributed by atoms with van der Waals surface area (Å²) in [5, 5.41) is 28.9. The number of benzene rings is 9. The van der Waals surface area contributed by atoms with Crippen molar-refractivity contribution in [3.05, 3.63) is 302 Å². The molecule has 0 spiro atoms. The molecule has 16 aromatic rings. The average Bonchev–Trinajstić information content (AvgIpc) is 1.37. The number of aromatic nitrogens is 13. The maximum atomic E-state index is 6.21. The molecule has 123 heavy (non-hydrogen) atoms. The van der Waals surface area contributed by atoms with Gasteiger partial charge in [-0.25, -0.2) is 15.0 Å². The Kier molecular flexibility index (Phi) is 24.8. The van der Waals surface area contributed by atoms with Crippen molar-refractivity contribution in [1.29, 1.82) is 0 Å². The van der Waals surface area contributed by atoms with Crippen LogP contribution in [0.15, 0.2) is 269 Å². The Bertz CT molecular complexity index is 6300. The van der Waals surface area contributed by atoms with Gasteiger partial charge in [0, 0.05) is 94.5 Å². The van der Waals surface area contributed by atoms with Gasteiger partial charge >= 0.3 is 7.12 Å². The predicted molar refractivity (Wildman–Crippen MR) is 506 cm³/mol. The van der Waals surface area contributed by atoms with Crippen LogP contribution in [0, 0.1) is 0 Å². The number of fused-ring (bicyclic) bond motifs is 4. The van der Waals surface area contributed by atoms with Gasteiger partial charge in [0.05, 0.1) is 33.3 Å². The Morgan fingerprint density at radius 2 is 0.634 bits per heavy atom. The van der Waals surface area contributed by atoms with E-state index in [1.54, 1.807) is 0 Å². The Morgan fingerprint density at radius 1 is 0.293 bits per heavy atom. The van der Waals surface area contributed by atoms with Crippen molar-refractivity contribution < 1.29 is 9.31 Å². The molecule has 1 saturated heterocycles. The third-order valence-corrected chi connectivity index (χ3v) is 24.8. The minimum atomic E-state index is -0.304. The van der Waals surface area contributed by atoms with Gasteiger partial charge in [0.25, 0.3) is 0 Å². The fourth-order valence-corrected chi connectivity index (χ4v) is 16.7. The number of nitrogen functional groups attached to an aromatic ring is 5. The summed E-state index contributed by atoms with van der Waals surface area (Å²) in [7, 11) is -0.299. The van der Waals surface area contributed by atoms with Gasteiger partial charge in [0.2, 0.25) is 17.8 Å². The average molecular weight is 1820 g/mol. The van der Waals surface area contributed by atoms with E-state index >= 15 is 0 Å². The van der Waals surface area contributed by atoms with Crippen molar-refractivity contribution in [3.8, 4) is 56.3 Å². The monoisotopic (exact) mass is 1810 g/mol. The summed E-state index contributed by atoms with van der Waals surface area (Å²) in [6.07, 6.45) is 22.8. The molecule has 6 aliphatic carbocycles. The summed E-state index contributed by atoms with van der Waals surface area (Å²) in [4.78, 5) is 31.3. The molecule has 7 aromatic heterocycles. The van der Waals surface area contributed by atoms with E-state index in [1.807, 2.05) is 164 Å². The first-order valence-electron chi connectivity index (χ1n) is 42.0. The maximum Gasteiger partial charge on any atom is 0.494 e. The first-order valence-corrected chi connectivity index (χ1v) is 44.4. The Labute approximate surface area is 741 Å². The van der Waals surface area contributed by atoms with Crippen LogP contribution in [0.25, 0.3) is 99.9 Å². The first kappa shape index (κ1) is 83.3. The normalized spacial score (nSPS) is 15.9. The van der Waals surface area contributed by atoms with E-state index in [4.69, 9.17) is 38.0 Å². The van der Waals surface area contributed by atoms with Gasteiger partial charge in [-0.3, -0.25) is 19.9 Å². The predicted octanol–water partition coefficient (Wildman–Crippen LogP) is 22.7. The minimum Gasteiger partial charge on any atom is -0.399 e. The highest BCUT2D eigenvalue weighted by molar-refractivity contribution is 9.11. The first-order chi connectivity index (χ1) is 59.7. The van der Waals surface area contributed by atoms with Crippen molar-refractivity contribution in [1.82, 2.24) is 65.5 Å². The Morgan fingerprint density at radius 3 is 1.07 bits per heavy atom. The van der Waals surface area contributed by atoms with E-state index < -0.39 is 0 Å². The third-order valence-electron chi connectivity index (χ3n) is 23.4. The van der Waals surface area contributed by atoms with Crippen LogP contribution in [0.3, 0.4) is 0 Å². The minimum absolute atomic E-state index is 0.173. The topological polar surface area (TPSA) is 316 Å². The SMILES string of the molecule is Brc1cc(C2CC2)c2ncccc2c1.CC1(C)OB(c2cc(C3CC3)c3ncccc3c2)OC1(C)C.Nc1ccc(Br)cc1C1CC1.Nc1ccccc1C1CC1.Nc1nnc(-c2cc(C3CC3)c3ncccc3c2)c(-c2ccccc2)n1.Nc1nnc(-c2cc(C3CC3)c3ncccc3c2)c(-c2ccccc2)n1.Nc1nnc(Br)c(-c2ccccc2)n1. The zero-order chi connectivity index (χ0) is 84.9. The molecule has 0 amide bonds. The summed E-state index contributed by atoms with van der Waals surface area (Å²) in [6, 6.07) is 77.6. The second kappa shape index (κ2) is 36.6. The summed E-state index contributed by atoms with van der Waals surface area (Å²) in [6.45, 7) is 8.38. The number of hydrogen-bond donors (Lipinski definition) is 5. The fraction of sp³-hybridized carbons (Fsp3) is 0.242. The van der Waals surface area contributed by atoms with E-state index in [0.29, 0.717) is 28.1 Å². The van der Waals surface area contributed by atoms with Gasteiger partial charge in [-0.1, -0.05) is 177 Å². The molecule has 10 N–H and O–H groups in total. The molecule has 0 bridgehead atoms. The van der Waals surface area contributed by atoms with E-state index in [-0.39, 0.29) is 36.2 Å². The van der Waals surface area contributed by atoms with Crippen molar-refractivity contribution >= 4 is 133 Å². The third kappa shape index (κ3) is 20.2. The molecule has 6 saturated carbocycles. The highest BCUT2D eigenvalue weighted by Gasteiger charge is 2.52. The smallest absolute Gasteiger partial charge is 0.399 e. The highest BCUT2D eigenvalue weighted by Crippen LogP contribution is 2.50. The summed E-state index contributed by atoms with van der Waals surface area (Å²) in [5.41, 5.74) is 52.2. The number of nitrogens with zero attached hydrogens (tertiary/aromatic N) is 13. The number of rotatable bonds is 12. The number of anilines is 5. The molecule has 20 nitrogen and oxygen atoms in total. The summed E-state index contributed by atoms with van der Waals surface area (Å²) < 4.78 is 15.3. The number of hydrogen-bond acceptors (Lipinski definition) is 20. The molecule has 616 valence electrons. The molecule has 9 aromatic carbocycles. The molecule has 7 fully saturated rings. The fourth-order valence-electron chi connectivity index (χ4n) is 15.4. The molecular formula is C99H94BBr3N18O2. The van der Waals surface area contributed by atoms with Crippen LogP contribution in [-0.2, 0) is 9.31 Å². The van der Waals surface area contributed by atoms with Gasteiger partial charge in [0.1, 0.15) is 28.5 Å². The molecule has 0 atom stereocenters. The van der Waals surface area contributed by atoms with Crippen LogP contribution < -0.4 is 34.1 Å². The van der Waals surface area contributed by atoms with E-state index in [9.17, 15) is 0 Å². The number of pyridine rings is 4. The molecule has 8 heterocycles. The van der Waals surface area contributed by atoms with Crippen molar-refractivity contribution in [2.75, 3.05) is 28.7 Å². The van der Waals surface area contributed by atoms with Gasteiger partial charge in [-0.05, 0) is 280 Å². The van der Waals surface area contributed by atoms with Crippen LogP contribution >= 0.6 is 47.8 Å². The zero-order valence-electron chi connectivity index (χ0n) is 68.9. The summed E-state index contributed by atoms with van der Waals surface area (Å²) in [5.74, 6) is 4.63. The van der Waals surface area contributed by atoms with Crippen molar-refractivity contribution in [2.24, 2.45) is 0 Å². The molecule has 24 heteroatoms. The lowest BCUT2D eigenvalue weighted by Gasteiger charge is -2.32. The molecule has 0 unspecified atom stereocenters.